The fourth-order valence-electron chi connectivity index (χ4n) is 2.23. The number of nitrogens with zero attached hydrogens (tertiary/aromatic N) is 2. The van der Waals surface area contributed by atoms with Crippen LogP contribution in [0.3, 0.4) is 0 Å². The molecule has 23 heavy (non-hydrogen) atoms. The van der Waals surface area contributed by atoms with E-state index in [1.54, 1.807) is 0 Å². The predicted molar refractivity (Wildman–Crippen MR) is 92.8 cm³/mol. The molecule has 4 nitrogen and oxygen atoms in total. The first-order chi connectivity index (χ1) is 11.3. The van der Waals surface area contributed by atoms with Gasteiger partial charge in [0.2, 0.25) is 0 Å². The average Bonchev–Trinajstić information content (AvgIpc) is 2.59. The van der Waals surface area contributed by atoms with Crippen LogP contribution in [-0.2, 0) is 12.8 Å². The Morgan fingerprint density at radius 1 is 0.870 bits per heavy atom. The molecule has 0 spiro atoms. The third-order valence-corrected chi connectivity index (χ3v) is 4.30. The van der Waals surface area contributed by atoms with Crippen LogP contribution in [0.5, 0.6) is 0 Å². The maximum absolute atomic E-state index is 12.1. The molecule has 5 heteroatoms. The third kappa shape index (κ3) is 4.53. The van der Waals surface area contributed by atoms with Crippen LogP contribution >= 0.6 is 11.8 Å². The molecule has 0 bridgehead atoms. The van der Waals surface area contributed by atoms with Crippen LogP contribution in [-0.4, -0.2) is 20.9 Å². The lowest BCUT2D eigenvalue weighted by Gasteiger charge is -2.03. The molecule has 2 aromatic carbocycles. The van der Waals surface area contributed by atoms with Gasteiger partial charge >= 0.3 is 0 Å². The quantitative estimate of drug-likeness (QED) is 0.708. The van der Waals surface area contributed by atoms with Crippen molar-refractivity contribution in [3.05, 3.63) is 87.8 Å². The van der Waals surface area contributed by atoms with E-state index in [0.29, 0.717) is 17.3 Å². The Morgan fingerprint density at radius 2 is 1.52 bits per heavy atom. The lowest BCUT2D eigenvalue weighted by atomic mass is 10.1. The van der Waals surface area contributed by atoms with Crippen LogP contribution in [0.15, 0.2) is 70.6 Å². The van der Waals surface area contributed by atoms with Gasteiger partial charge in [0.15, 0.2) is 5.16 Å². The van der Waals surface area contributed by atoms with Crippen LogP contribution in [0.25, 0.3) is 0 Å². The van der Waals surface area contributed by atoms with E-state index in [-0.39, 0.29) is 5.56 Å². The largest absolute Gasteiger partial charge is 0.298 e. The minimum absolute atomic E-state index is 0.161. The number of thioether (sulfide) groups is 1. The van der Waals surface area contributed by atoms with Crippen molar-refractivity contribution in [2.24, 2.45) is 0 Å². The highest BCUT2D eigenvalue weighted by Crippen LogP contribution is 2.13. The van der Waals surface area contributed by atoms with E-state index in [9.17, 15) is 4.79 Å². The Labute approximate surface area is 139 Å². The fraction of sp³-hybridized carbons (Fsp3) is 0.167. The summed E-state index contributed by atoms with van der Waals surface area (Å²) in [4.78, 5) is 14.9. The number of rotatable bonds is 6. The van der Waals surface area contributed by atoms with Crippen molar-refractivity contribution in [1.82, 2.24) is 15.2 Å². The molecule has 0 radical (unpaired) electrons. The molecule has 1 heterocycles. The summed E-state index contributed by atoms with van der Waals surface area (Å²) >= 11 is 1.52. The normalized spacial score (nSPS) is 10.6. The van der Waals surface area contributed by atoms with Crippen molar-refractivity contribution in [2.75, 3.05) is 5.75 Å². The Balaban J connectivity index is 1.60. The monoisotopic (exact) mass is 323 g/mol. The van der Waals surface area contributed by atoms with E-state index >= 15 is 0 Å². The summed E-state index contributed by atoms with van der Waals surface area (Å²) in [6, 6.07) is 20.1. The van der Waals surface area contributed by atoms with Crippen LogP contribution < -0.4 is 5.56 Å². The number of hydrogen-bond donors (Lipinski definition) is 1. The fourth-order valence-corrected chi connectivity index (χ4v) is 3.02. The molecule has 3 aromatic rings. The third-order valence-electron chi connectivity index (χ3n) is 3.43. The maximum atomic E-state index is 12.1. The van der Waals surface area contributed by atoms with Gasteiger partial charge in [-0.3, -0.25) is 9.78 Å². The molecular weight excluding hydrogens is 306 g/mol. The Hall–Kier alpha value is -2.40. The van der Waals surface area contributed by atoms with E-state index in [4.69, 9.17) is 0 Å². The zero-order valence-electron chi connectivity index (χ0n) is 12.6. The zero-order chi connectivity index (χ0) is 15.9. The summed E-state index contributed by atoms with van der Waals surface area (Å²) in [5.41, 5.74) is 2.61. The number of nitrogens with one attached hydrogen (secondary N) is 1. The number of aromatic amines is 1. The second kappa shape index (κ2) is 7.74. The van der Waals surface area contributed by atoms with E-state index in [2.05, 4.69) is 27.3 Å². The molecule has 0 saturated heterocycles. The van der Waals surface area contributed by atoms with Crippen molar-refractivity contribution in [3.63, 3.8) is 0 Å². The SMILES string of the molecule is O=c1[nH]c(SCCc2ccccc2)nnc1Cc1ccccc1. The molecule has 0 fully saturated rings. The molecule has 3 rings (SSSR count). The van der Waals surface area contributed by atoms with Gasteiger partial charge < -0.3 is 0 Å². The first kappa shape index (κ1) is 15.5. The highest BCUT2D eigenvalue weighted by atomic mass is 32.2. The number of hydrogen-bond acceptors (Lipinski definition) is 4. The van der Waals surface area contributed by atoms with Crippen molar-refractivity contribution in [1.29, 1.82) is 0 Å². The van der Waals surface area contributed by atoms with Gasteiger partial charge in [-0.1, -0.05) is 72.4 Å². The molecule has 116 valence electrons. The van der Waals surface area contributed by atoms with E-state index in [1.807, 2.05) is 48.5 Å². The van der Waals surface area contributed by atoms with E-state index < -0.39 is 0 Å². The van der Waals surface area contributed by atoms with Gasteiger partial charge in [-0.25, -0.2) is 0 Å². The van der Waals surface area contributed by atoms with Gasteiger partial charge in [-0.05, 0) is 17.5 Å². The van der Waals surface area contributed by atoms with Crippen LogP contribution in [0.4, 0.5) is 0 Å². The second-order valence-electron chi connectivity index (χ2n) is 5.15. The van der Waals surface area contributed by atoms with Crippen molar-refractivity contribution in [3.8, 4) is 0 Å². The first-order valence-corrected chi connectivity index (χ1v) is 8.46. The topological polar surface area (TPSA) is 58.6 Å². The summed E-state index contributed by atoms with van der Waals surface area (Å²) in [7, 11) is 0. The summed E-state index contributed by atoms with van der Waals surface area (Å²) in [6.45, 7) is 0. The molecule has 0 saturated carbocycles. The van der Waals surface area contributed by atoms with E-state index in [1.165, 1.54) is 17.3 Å². The zero-order valence-corrected chi connectivity index (χ0v) is 13.4. The lowest BCUT2D eigenvalue weighted by molar-refractivity contribution is 0.772. The average molecular weight is 323 g/mol. The summed E-state index contributed by atoms with van der Waals surface area (Å²) in [5, 5.41) is 8.78. The molecule has 0 atom stereocenters. The van der Waals surface area contributed by atoms with Crippen molar-refractivity contribution >= 4 is 11.8 Å². The highest BCUT2D eigenvalue weighted by molar-refractivity contribution is 7.99. The van der Waals surface area contributed by atoms with Crippen LogP contribution in [0.2, 0.25) is 0 Å². The molecule has 0 aliphatic heterocycles. The summed E-state index contributed by atoms with van der Waals surface area (Å²) in [5.74, 6) is 0.854. The number of aryl methyl sites for hydroxylation is 1. The van der Waals surface area contributed by atoms with Gasteiger partial charge in [0, 0.05) is 12.2 Å². The first-order valence-electron chi connectivity index (χ1n) is 7.48. The summed E-state index contributed by atoms with van der Waals surface area (Å²) in [6.07, 6.45) is 1.43. The highest BCUT2D eigenvalue weighted by Gasteiger charge is 2.06. The molecule has 0 aliphatic rings. The van der Waals surface area contributed by atoms with Gasteiger partial charge in [0.05, 0.1) is 0 Å². The minimum Gasteiger partial charge on any atom is -0.298 e. The minimum atomic E-state index is -0.161. The lowest BCUT2D eigenvalue weighted by Crippen LogP contribution is -2.18. The van der Waals surface area contributed by atoms with Gasteiger partial charge in [0.1, 0.15) is 5.69 Å². The number of aromatic nitrogens is 3. The predicted octanol–water partition coefficient (Wildman–Crippen LogP) is 3.09. The number of H-pyrrole nitrogens is 1. The van der Waals surface area contributed by atoms with Gasteiger partial charge in [-0.15, -0.1) is 10.2 Å². The molecule has 0 unspecified atom stereocenters. The molecule has 1 N–H and O–H groups in total. The van der Waals surface area contributed by atoms with Crippen LogP contribution in [0.1, 0.15) is 16.8 Å². The van der Waals surface area contributed by atoms with Crippen molar-refractivity contribution < 1.29 is 0 Å². The second-order valence-corrected chi connectivity index (χ2v) is 6.24. The molecule has 1 aromatic heterocycles. The Morgan fingerprint density at radius 3 is 2.17 bits per heavy atom. The van der Waals surface area contributed by atoms with Gasteiger partial charge in [0.25, 0.3) is 5.56 Å². The Kier molecular flexibility index (Phi) is 5.21. The maximum Gasteiger partial charge on any atom is 0.273 e. The van der Waals surface area contributed by atoms with Crippen LogP contribution in [0, 0.1) is 0 Å². The molecular formula is C18H17N3OS. The smallest absolute Gasteiger partial charge is 0.273 e. The standard InChI is InChI=1S/C18H17N3OS/c22-17-16(13-15-9-5-2-6-10-15)20-21-18(19-17)23-12-11-14-7-3-1-4-8-14/h1-10H,11-13H2,(H,19,21,22). The van der Waals surface area contributed by atoms with Crippen molar-refractivity contribution in [2.45, 2.75) is 18.0 Å². The number of benzene rings is 2. The summed E-state index contributed by atoms with van der Waals surface area (Å²) < 4.78 is 0. The molecule has 0 amide bonds. The van der Waals surface area contributed by atoms with E-state index in [0.717, 1.165) is 17.7 Å². The Bertz CT molecular complexity index is 803. The molecule has 0 aliphatic carbocycles. The van der Waals surface area contributed by atoms with Gasteiger partial charge in [-0.2, -0.15) is 0 Å².